The van der Waals surface area contributed by atoms with Gasteiger partial charge in [-0.25, -0.2) is 9.97 Å². The summed E-state index contributed by atoms with van der Waals surface area (Å²) in [7, 11) is 5.64. The first-order valence-corrected chi connectivity index (χ1v) is 6.07. The number of rotatable bonds is 5. The molecular weight excluding hydrogens is 242 g/mol. The molecule has 0 aliphatic heterocycles. The van der Waals surface area contributed by atoms with Crippen LogP contribution in [0.1, 0.15) is 12.2 Å². The Kier molecular flexibility index (Phi) is 3.92. The average Bonchev–Trinajstić information content (AvgIpc) is 2.77. The maximum Gasteiger partial charge on any atom is 0.163 e. The van der Waals surface area contributed by atoms with Crippen LogP contribution in [0.4, 0.5) is 5.82 Å². The molecule has 0 amide bonds. The smallest absolute Gasteiger partial charge is 0.163 e. The predicted octanol–water partition coefficient (Wildman–Crippen LogP) is 0.750. The van der Waals surface area contributed by atoms with Crippen molar-refractivity contribution in [3.8, 4) is 6.07 Å². The minimum Gasteiger partial charge on any atom is -0.372 e. The summed E-state index contributed by atoms with van der Waals surface area (Å²) in [4.78, 5) is 11.0. The Hall–Kier alpha value is -2.20. The third kappa shape index (κ3) is 2.80. The van der Waals surface area contributed by atoms with Crippen LogP contribution in [0.5, 0.6) is 0 Å². The highest BCUT2D eigenvalue weighted by atomic mass is 15.3. The number of fused-ring (bicyclic) bond motifs is 1. The number of hydrogen-bond acceptors (Lipinski definition) is 6. The van der Waals surface area contributed by atoms with Gasteiger partial charge in [0.1, 0.15) is 11.6 Å². The van der Waals surface area contributed by atoms with Crippen molar-refractivity contribution >= 4 is 16.9 Å². The van der Waals surface area contributed by atoms with Crippen molar-refractivity contribution in [2.45, 2.75) is 13.0 Å². The standard InChI is InChI=1S/C12H17N7/c1-14-11-9-7-15-19(3)12(9)17-10(16-11)8-18(2)6-4-5-13/h7H,4,6,8H2,1-3H3,(H,14,16,17). The fraction of sp³-hybridized carbons (Fsp3) is 0.500. The van der Waals surface area contributed by atoms with E-state index in [1.165, 1.54) is 0 Å². The van der Waals surface area contributed by atoms with Crippen molar-refractivity contribution in [3.05, 3.63) is 12.0 Å². The fourth-order valence-electron chi connectivity index (χ4n) is 1.89. The second-order valence-corrected chi connectivity index (χ2v) is 4.39. The molecule has 19 heavy (non-hydrogen) atoms. The van der Waals surface area contributed by atoms with Gasteiger partial charge in [0.2, 0.25) is 0 Å². The first kappa shape index (κ1) is 13.2. The Labute approximate surface area is 111 Å². The lowest BCUT2D eigenvalue weighted by Crippen LogP contribution is -2.20. The van der Waals surface area contributed by atoms with E-state index >= 15 is 0 Å². The normalized spacial score (nSPS) is 10.9. The summed E-state index contributed by atoms with van der Waals surface area (Å²) in [6.07, 6.45) is 2.26. The van der Waals surface area contributed by atoms with E-state index in [0.717, 1.165) is 22.7 Å². The summed E-state index contributed by atoms with van der Waals surface area (Å²) < 4.78 is 1.73. The van der Waals surface area contributed by atoms with Gasteiger partial charge in [-0.3, -0.25) is 9.58 Å². The van der Waals surface area contributed by atoms with Crippen LogP contribution in [0.3, 0.4) is 0 Å². The lowest BCUT2D eigenvalue weighted by atomic mass is 10.3. The van der Waals surface area contributed by atoms with Crippen molar-refractivity contribution in [2.24, 2.45) is 7.05 Å². The SMILES string of the molecule is CNc1nc(CN(C)CCC#N)nc2c1cnn2C. The van der Waals surface area contributed by atoms with Gasteiger partial charge in [-0.15, -0.1) is 0 Å². The zero-order valence-electron chi connectivity index (χ0n) is 11.4. The maximum absolute atomic E-state index is 8.58. The number of aromatic nitrogens is 4. The third-order valence-corrected chi connectivity index (χ3v) is 2.89. The van der Waals surface area contributed by atoms with Gasteiger partial charge in [-0.2, -0.15) is 10.4 Å². The van der Waals surface area contributed by atoms with Crippen LogP contribution in [0.25, 0.3) is 11.0 Å². The molecule has 2 aromatic rings. The van der Waals surface area contributed by atoms with Gasteiger partial charge in [-0.05, 0) is 7.05 Å². The van der Waals surface area contributed by atoms with Crippen molar-refractivity contribution in [1.82, 2.24) is 24.6 Å². The van der Waals surface area contributed by atoms with Crippen molar-refractivity contribution in [2.75, 3.05) is 26.0 Å². The molecule has 1 N–H and O–H groups in total. The van der Waals surface area contributed by atoms with Crippen molar-refractivity contribution in [1.29, 1.82) is 5.26 Å². The summed E-state index contributed by atoms with van der Waals surface area (Å²) in [6.45, 7) is 1.32. The maximum atomic E-state index is 8.58. The van der Waals surface area contributed by atoms with Gasteiger partial charge in [0.15, 0.2) is 5.65 Å². The molecule has 0 bridgehead atoms. The average molecular weight is 259 g/mol. The molecule has 0 aliphatic rings. The monoisotopic (exact) mass is 259 g/mol. The minimum absolute atomic E-state index is 0.503. The topological polar surface area (TPSA) is 82.7 Å². The molecule has 0 radical (unpaired) electrons. The first-order valence-electron chi connectivity index (χ1n) is 6.07. The van der Waals surface area contributed by atoms with E-state index in [4.69, 9.17) is 5.26 Å². The predicted molar refractivity (Wildman–Crippen MR) is 72.4 cm³/mol. The number of aryl methyl sites for hydroxylation is 1. The van der Waals surface area contributed by atoms with Gasteiger partial charge in [0, 0.05) is 27.1 Å². The molecule has 0 unspecified atom stereocenters. The summed E-state index contributed by atoms with van der Waals surface area (Å²) in [6, 6.07) is 2.13. The van der Waals surface area contributed by atoms with E-state index in [-0.39, 0.29) is 0 Å². The van der Waals surface area contributed by atoms with E-state index in [1.807, 2.05) is 26.0 Å². The molecule has 0 aliphatic carbocycles. The third-order valence-electron chi connectivity index (χ3n) is 2.89. The van der Waals surface area contributed by atoms with Crippen LogP contribution in [0.2, 0.25) is 0 Å². The molecule has 100 valence electrons. The van der Waals surface area contributed by atoms with Crippen LogP contribution in [0.15, 0.2) is 6.20 Å². The van der Waals surface area contributed by atoms with Crippen LogP contribution in [-0.2, 0) is 13.6 Å². The molecule has 7 nitrogen and oxygen atoms in total. The first-order chi connectivity index (χ1) is 9.15. The molecule has 0 saturated carbocycles. The molecule has 0 fully saturated rings. The van der Waals surface area contributed by atoms with E-state index in [2.05, 4.69) is 26.5 Å². The molecule has 2 rings (SSSR count). The zero-order chi connectivity index (χ0) is 13.8. The molecule has 0 aromatic carbocycles. The second-order valence-electron chi connectivity index (χ2n) is 4.39. The van der Waals surface area contributed by atoms with Crippen LogP contribution < -0.4 is 5.32 Å². The Morgan fingerprint density at radius 2 is 2.26 bits per heavy atom. The number of hydrogen-bond donors (Lipinski definition) is 1. The molecule has 0 spiro atoms. The van der Waals surface area contributed by atoms with Gasteiger partial charge in [0.05, 0.1) is 24.2 Å². The molecule has 2 heterocycles. The summed E-state index contributed by atoms with van der Waals surface area (Å²) in [5, 5.41) is 16.8. The largest absolute Gasteiger partial charge is 0.372 e. The summed E-state index contributed by atoms with van der Waals surface area (Å²) in [5.74, 6) is 1.50. The molecule has 0 atom stereocenters. The van der Waals surface area contributed by atoms with Crippen molar-refractivity contribution < 1.29 is 0 Å². The van der Waals surface area contributed by atoms with Gasteiger partial charge < -0.3 is 5.32 Å². The van der Waals surface area contributed by atoms with E-state index < -0.39 is 0 Å². The zero-order valence-corrected chi connectivity index (χ0v) is 11.4. The van der Waals surface area contributed by atoms with Gasteiger partial charge >= 0.3 is 0 Å². The van der Waals surface area contributed by atoms with E-state index in [1.54, 1.807) is 10.9 Å². The molecule has 0 saturated heterocycles. The quantitative estimate of drug-likeness (QED) is 0.853. The highest BCUT2D eigenvalue weighted by Gasteiger charge is 2.11. The number of nitrogens with one attached hydrogen (secondary N) is 1. The lowest BCUT2D eigenvalue weighted by Gasteiger charge is -2.14. The number of anilines is 1. The minimum atomic E-state index is 0.503. The number of nitrogens with zero attached hydrogens (tertiary/aromatic N) is 6. The van der Waals surface area contributed by atoms with Gasteiger partial charge in [0.25, 0.3) is 0 Å². The Bertz CT molecular complexity index is 610. The Morgan fingerprint density at radius 1 is 1.47 bits per heavy atom. The fourth-order valence-corrected chi connectivity index (χ4v) is 1.89. The van der Waals surface area contributed by atoms with Crippen molar-refractivity contribution in [3.63, 3.8) is 0 Å². The van der Waals surface area contributed by atoms with Crippen LogP contribution in [-0.4, -0.2) is 45.3 Å². The van der Waals surface area contributed by atoms with E-state index in [0.29, 0.717) is 19.5 Å². The lowest BCUT2D eigenvalue weighted by molar-refractivity contribution is 0.326. The Balaban J connectivity index is 2.28. The van der Waals surface area contributed by atoms with Gasteiger partial charge in [-0.1, -0.05) is 0 Å². The Morgan fingerprint density at radius 3 is 2.95 bits per heavy atom. The molecular formula is C12H17N7. The summed E-state index contributed by atoms with van der Waals surface area (Å²) >= 11 is 0. The molecule has 2 aromatic heterocycles. The number of nitriles is 1. The van der Waals surface area contributed by atoms with Crippen LogP contribution in [0, 0.1) is 11.3 Å². The van der Waals surface area contributed by atoms with E-state index in [9.17, 15) is 0 Å². The molecule has 7 heteroatoms. The summed E-state index contributed by atoms with van der Waals surface area (Å²) in [5.41, 5.74) is 0.808. The highest BCUT2D eigenvalue weighted by molar-refractivity contribution is 5.86. The highest BCUT2D eigenvalue weighted by Crippen LogP contribution is 2.19. The van der Waals surface area contributed by atoms with Crippen LogP contribution >= 0.6 is 0 Å². The second kappa shape index (κ2) is 5.63.